The maximum absolute atomic E-state index is 4.55. The van der Waals surface area contributed by atoms with Crippen LogP contribution in [0.3, 0.4) is 0 Å². The lowest BCUT2D eigenvalue weighted by Gasteiger charge is -2.05. The molecule has 0 aliphatic carbocycles. The Hall–Kier alpha value is 0. The SMILES string of the molecule is CN/C(=N\OI)C(C)C. The fourth-order valence-corrected chi connectivity index (χ4v) is 0.689. The molecule has 0 aromatic heterocycles. The zero-order valence-corrected chi connectivity index (χ0v) is 7.97. The highest BCUT2D eigenvalue weighted by atomic mass is 127. The Morgan fingerprint density at radius 3 is 2.33 bits per heavy atom. The van der Waals surface area contributed by atoms with Crippen LogP contribution in [0.5, 0.6) is 0 Å². The second-order valence-corrected chi connectivity index (χ2v) is 2.34. The molecular formula is C5H11IN2O. The van der Waals surface area contributed by atoms with Gasteiger partial charge in [0.05, 0.1) is 0 Å². The first kappa shape index (κ1) is 9.00. The Kier molecular flexibility index (Phi) is 4.84. The molecule has 0 rings (SSSR count). The number of oxime groups is 1. The number of hydrogen-bond acceptors (Lipinski definition) is 2. The average molecular weight is 242 g/mol. The van der Waals surface area contributed by atoms with Crippen molar-refractivity contribution in [3.8, 4) is 0 Å². The topological polar surface area (TPSA) is 33.6 Å². The zero-order valence-electron chi connectivity index (χ0n) is 5.81. The smallest absolute Gasteiger partial charge is 0.230 e. The molecule has 0 heterocycles. The van der Waals surface area contributed by atoms with Gasteiger partial charge in [-0.3, -0.25) is 0 Å². The third kappa shape index (κ3) is 3.56. The van der Waals surface area contributed by atoms with Crippen molar-refractivity contribution in [2.45, 2.75) is 13.8 Å². The first-order valence-electron chi connectivity index (χ1n) is 2.75. The lowest BCUT2D eigenvalue weighted by molar-refractivity contribution is 0.454. The summed E-state index contributed by atoms with van der Waals surface area (Å²) in [6.45, 7) is 4.09. The van der Waals surface area contributed by atoms with Gasteiger partial charge in [-0.25, -0.2) is 0 Å². The van der Waals surface area contributed by atoms with Gasteiger partial charge in [0.15, 0.2) is 0 Å². The van der Waals surface area contributed by atoms with E-state index in [1.165, 1.54) is 0 Å². The molecule has 0 aromatic carbocycles. The normalized spacial score (nSPS) is 11.9. The minimum Gasteiger partial charge on any atom is -0.374 e. The van der Waals surface area contributed by atoms with Crippen LogP contribution in [0.2, 0.25) is 0 Å². The van der Waals surface area contributed by atoms with E-state index in [0.29, 0.717) is 5.92 Å². The Labute approximate surface area is 69.5 Å². The van der Waals surface area contributed by atoms with Crippen LogP contribution in [0.25, 0.3) is 0 Å². The van der Waals surface area contributed by atoms with Gasteiger partial charge in [0, 0.05) is 13.0 Å². The molecule has 3 nitrogen and oxygen atoms in total. The van der Waals surface area contributed by atoms with Gasteiger partial charge in [-0.1, -0.05) is 19.0 Å². The van der Waals surface area contributed by atoms with Gasteiger partial charge in [-0.2, -0.15) is 0 Å². The molecule has 0 fully saturated rings. The molecule has 0 aromatic rings. The van der Waals surface area contributed by atoms with E-state index in [9.17, 15) is 0 Å². The predicted molar refractivity (Wildman–Crippen MR) is 46.4 cm³/mol. The van der Waals surface area contributed by atoms with Crippen molar-refractivity contribution < 1.29 is 3.17 Å². The van der Waals surface area contributed by atoms with Crippen LogP contribution < -0.4 is 5.32 Å². The largest absolute Gasteiger partial charge is 0.374 e. The maximum atomic E-state index is 4.55. The second kappa shape index (κ2) is 4.84. The summed E-state index contributed by atoms with van der Waals surface area (Å²) in [4.78, 5) is 0. The molecule has 54 valence electrons. The second-order valence-electron chi connectivity index (χ2n) is 1.95. The molecule has 0 amide bonds. The van der Waals surface area contributed by atoms with Gasteiger partial charge >= 0.3 is 0 Å². The Balaban J connectivity index is 3.81. The molecule has 1 N–H and O–H groups in total. The summed E-state index contributed by atoms with van der Waals surface area (Å²) in [6, 6.07) is 0. The van der Waals surface area contributed by atoms with E-state index >= 15 is 0 Å². The van der Waals surface area contributed by atoms with Crippen LogP contribution in [0, 0.1) is 5.92 Å². The molecule has 0 radical (unpaired) electrons. The van der Waals surface area contributed by atoms with Crippen LogP contribution in [0.15, 0.2) is 5.16 Å². The van der Waals surface area contributed by atoms with Gasteiger partial charge in [0.1, 0.15) is 5.84 Å². The number of nitrogens with zero attached hydrogens (tertiary/aromatic N) is 1. The summed E-state index contributed by atoms with van der Waals surface area (Å²) in [6.07, 6.45) is 0. The third-order valence-electron chi connectivity index (χ3n) is 0.936. The summed E-state index contributed by atoms with van der Waals surface area (Å²) in [5.74, 6) is 1.26. The Morgan fingerprint density at radius 2 is 2.22 bits per heavy atom. The molecule has 4 heteroatoms. The van der Waals surface area contributed by atoms with Gasteiger partial charge < -0.3 is 8.48 Å². The van der Waals surface area contributed by atoms with Gasteiger partial charge in [-0.15, -0.1) is 0 Å². The lowest BCUT2D eigenvalue weighted by atomic mass is 10.2. The first-order valence-corrected chi connectivity index (χ1v) is 3.63. The van der Waals surface area contributed by atoms with Crippen molar-refractivity contribution in [3.63, 3.8) is 0 Å². The fourth-order valence-electron chi connectivity index (χ4n) is 0.477. The highest BCUT2D eigenvalue weighted by Crippen LogP contribution is 1.96. The third-order valence-corrected chi connectivity index (χ3v) is 1.13. The van der Waals surface area contributed by atoms with E-state index in [-0.39, 0.29) is 0 Å². The van der Waals surface area contributed by atoms with E-state index in [4.69, 9.17) is 0 Å². The van der Waals surface area contributed by atoms with Crippen molar-refractivity contribution in [1.29, 1.82) is 0 Å². The predicted octanol–water partition coefficient (Wildman–Crippen LogP) is 1.54. The maximum Gasteiger partial charge on any atom is 0.230 e. The molecule has 0 aliphatic heterocycles. The standard InChI is InChI=1S/C5H11IN2O/c1-4(2)5(7-3)8-9-6/h4H,1-3H3,(H,7,8). The molecule has 0 atom stereocenters. The van der Waals surface area contributed by atoms with Crippen molar-refractivity contribution >= 4 is 28.8 Å². The highest BCUT2D eigenvalue weighted by molar-refractivity contribution is 14.1. The van der Waals surface area contributed by atoms with Crippen molar-refractivity contribution in [2.75, 3.05) is 7.05 Å². The number of amidine groups is 1. The van der Waals surface area contributed by atoms with Crippen molar-refractivity contribution in [1.82, 2.24) is 5.32 Å². The van der Waals surface area contributed by atoms with E-state index in [2.05, 4.69) is 13.6 Å². The van der Waals surface area contributed by atoms with Crippen LogP contribution in [-0.2, 0) is 3.17 Å². The zero-order chi connectivity index (χ0) is 7.28. The number of hydrogen-bond donors (Lipinski definition) is 1. The molecule has 9 heavy (non-hydrogen) atoms. The minimum absolute atomic E-state index is 0.393. The number of rotatable bonds is 2. The van der Waals surface area contributed by atoms with E-state index in [1.807, 2.05) is 20.9 Å². The quantitative estimate of drug-likeness (QED) is 0.345. The van der Waals surface area contributed by atoms with Crippen molar-refractivity contribution in [2.24, 2.45) is 11.1 Å². The molecule has 0 aliphatic rings. The summed E-state index contributed by atoms with van der Waals surface area (Å²) in [7, 11) is 1.83. The number of halogens is 1. The Morgan fingerprint density at radius 1 is 1.67 bits per heavy atom. The monoisotopic (exact) mass is 242 g/mol. The van der Waals surface area contributed by atoms with Crippen molar-refractivity contribution in [3.05, 3.63) is 0 Å². The molecule has 0 bridgehead atoms. The minimum atomic E-state index is 0.393. The molecular weight excluding hydrogens is 231 g/mol. The van der Waals surface area contributed by atoms with Gasteiger partial charge in [-0.05, 0) is 0 Å². The van der Waals surface area contributed by atoms with Gasteiger partial charge in [0.2, 0.25) is 23.0 Å². The molecule has 0 saturated carbocycles. The Bertz CT molecular complexity index is 103. The lowest BCUT2D eigenvalue weighted by Crippen LogP contribution is -2.23. The number of nitrogens with one attached hydrogen (secondary N) is 1. The van der Waals surface area contributed by atoms with E-state index < -0.39 is 0 Å². The average Bonchev–Trinajstić information content (AvgIpc) is 1.82. The highest BCUT2D eigenvalue weighted by Gasteiger charge is 2.00. The van der Waals surface area contributed by atoms with E-state index in [0.717, 1.165) is 5.84 Å². The first-order chi connectivity index (χ1) is 4.22. The fraction of sp³-hybridized carbons (Fsp3) is 0.800. The van der Waals surface area contributed by atoms with Crippen LogP contribution in [0.4, 0.5) is 0 Å². The van der Waals surface area contributed by atoms with Crippen LogP contribution >= 0.6 is 23.0 Å². The van der Waals surface area contributed by atoms with Gasteiger partial charge in [0.25, 0.3) is 0 Å². The summed E-state index contributed by atoms with van der Waals surface area (Å²) >= 11 is 1.73. The molecule has 0 spiro atoms. The van der Waals surface area contributed by atoms with Crippen LogP contribution in [-0.4, -0.2) is 12.9 Å². The molecule has 0 saturated heterocycles. The molecule has 0 unspecified atom stereocenters. The van der Waals surface area contributed by atoms with Crippen LogP contribution in [0.1, 0.15) is 13.8 Å². The summed E-state index contributed by atoms with van der Waals surface area (Å²) in [5, 5.41) is 6.66. The summed E-state index contributed by atoms with van der Waals surface area (Å²) < 4.78 is 4.55. The summed E-state index contributed by atoms with van der Waals surface area (Å²) in [5.41, 5.74) is 0. The van der Waals surface area contributed by atoms with E-state index in [1.54, 1.807) is 23.0 Å².